The first kappa shape index (κ1) is 22.4. The highest BCUT2D eigenvalue weighted by Gasteiger charge is 2.44. The lowest BCUT2D eigenvalue weighted by molar-refractivity contribution is -0.231. The summed E-state index contributed by atoms with van der Waals surface area (Å²) in [4.78, 5) is 0. The molecule has 2 aromatic rings. The zero-order chi connectivity index (χ0) is 22.2. The van der Waals surface area contributed by atoms with Crippen LogP contribution in [-0.2, 0) is 16.8 Å². The Balaban J connectivity index is 1.54. The third-order valence-electron chi connectivity index (χ3n) is 6.91. The van der Waals surface area contributed by atoms with Gasteiger partial charge >= 0.3 is 0 Å². The fourth-order valence-electron chi connectivity index (χ4n) is 4.84. The predicted molar refractivity (Wildman–Crippen MR) is 116 cm³/mol. The third-order valence-corrected chi connectivity index (χ3v) is 6.91. The van der Waals surface area contributed by atoms with Crippen LogP contribution in [0.5, 0.6) is 0 Å². The molecule has 0 bridgehead atoms. The van der Waals surface area contributed by atoms with Gasteiger partial charge in [-0.1, -0.05) is 55.3 Å². The van der Waals surface area contributed by atoms with Gasteiger partial charge in [0, 0.05) is 0 Å². The van der Waals surface area contributed by atoms with Gasteiger partial charge in [-0.05, 0) is 54.0 Å². The summed E-state index contributed by atoms with van der Waals surface area (Å²) in [7, 11) is 0. The highest BCUT2D eigenvalue weighted by atomic mass is 16.5. The van der Waals surface area contributed by atoms with Crippen molar-refractivity contribution in [2.45, 2.75) is 75.1 Å². The average Bonchev–Trinajstić information content (AvgIpc) is 3.22. The second-order valence-electron chi connectivity index (χ2n) is 9.05. The Morgan fingerprint density at radius 1 is 0.935 bits per heavy atom. The third kappa shape index (κ3) is 4.42. The molecule has 2 fully saturated rings. The normalized spacial score (nSPS) is 30.5. The number of aliphatic hydroxyl groups is 5. The van der Waals surface area contributed by atoms with E-state index >= 15 is 0 Å². The van der Waals surface area contributed by atoms with E-state index in [1.807, 2.05) is 49.4 Å². The standard InChI is InChI=1S/C25H32O6/c1-15-4-7-17(24-23(29)22(28)21(27)20(14-26)31-24)13-18(15)12-16-5-8-19(9-6-16)25(30)10-2-3-11-25/h4-9,13,20-24,26-30H,2-3,10-12,14H2,1H3/t20-,21-,22+,23-,24+/m1/s1. The molecule has 6 nitrogen and oxygen atoms in total. The summed E-state index contributed by atoms with van der Waals surface area (Å²) in [5, 5.41) is 50.8. The van der Waals surface area contributed by atoms with Gasteiger partial charge in [-0.2, -0.15) is 0 Å². The van der Waals surface area contributed by atoms with Crippen LogP contribution in [0.2, 0.25) is 0 Å². The Morgan fingerprint density at radius 2 is 1.61 bits per heavy atom. The topological polar surface area (TPSA) is 110 Å². The first-order chi connectivity index (χ1) is 14.8. The van der Waals surface area contributed by atoms with Gasteiger partial charge in [-0.25, -0.2) is 0 Å². The fraction of sp³-hybridized carbons (Fsp3) is 0.520. The van der Waals surface area contributed by atoms with E-state index in [-0.39, 0.29) is 0 Å². The summed E-state index contributed by atoms with van der Waals surface area (Å²) in [6, 6.07) is 13.8. The van der Waals surface area contributed by atoms with E-state index in [1.165, 1.54) is 0 Å². The minimum atomic E-state index is -1.39. The molecule has 1 aliphatic carbocycles. The molecule has 1 saturated heterocycles. The van der Waals surface area contributed by atoms with Gasteiger partial charge < -0.3 is 30.3 Å². The molecule has 168 valence electrons. The van der Waals surface area contributed by atoms with E-state index in [4.69, 9.17) is 4.74 Å². The Kier molecular flexibility index (Phi) is 6.49. The minimum absolute atomic E-state index is 0.446. The summed E-state index contributed by atoms with van der Waals surface area (Å²) in [5.41, 5.74) is 4.22. The van der Waals surface area contributed by atoms with Crippen molar-refractivity contribution in [3.05, 3.63) is 70.3 Å². The smallest absolute Gasteiger partial charge is 0.113 e. The quantitative estimate of drug-likeness (QED) is 0.497. The van der Waals surface area contributed by atoms with E-state index in [0.29, 0.717) is 12.0 Å². The molecule has 0 radical (unpaired) electrons. The lowest BCUT2D eigenvalue weighted by atomic mass is 9.88. The molecule has 2 aliphatic rings. The van der Waals surface area contributed by atoms with Crippen LogP contribution in [0, 0.1) is 6.92 Å². The van der Waals surface area contributed by atoms with Crippen molar-refractivity contribution in [1.82, 2.24) is 0 Å². The molecule has 2 aromatic carbocycles. The summed E-state index contributed by atoms with van der Waals surface area (Å²) in [6.45, 7) is 1.57. The van der Waals surface area contributed by atoms with Crippen LogP contribution in [0.25, 0.3) is 0 Å². The van der Waals surface area contributed by atoms with E-state index < -0.39 is 42.7 Å². The highest BCUT2D eigenvalue weighted by molar-refractivity contribution is 5.38. The van der Waals surface area contributed by atoms with E-state index in [9.17, 15) is 25.5 Å². The van der Waals surface area contributed by atoms with Crippen molar-refractivity contribution in [2.24, 2.45) is 0 Å². The summed E-state index contributed by atoms with van der Waals surface area (Å²) in [5.74, 6) is 0. The Labute approximate surface area is 182 Å². The van der Waals surface area contributed by atoms with Crippen molar-refractivity contribution in [3.8, 4) is 0 Å². The Bertz CT molecular complexity index is 887. The molecular formula is C25H32O6. The van der Waals surface area contributed by atoms with Gasteiger partial charge in [0.05, 0.1) is 12.2 Å². The number of hydrogen-bond donors (Lipinski definition) is 5. The van der Waals surface area contributed by atoms with Crippen molar-refractivity contribution in [3.63, 3.8) is 0 Å². The molecule has 1 saturated carbocycles. The monoisotopic (exact) mass is 428 g/mol. The van der Waals surface area contributed by atoms with Gasteiger partial charge in [-0.15, -0.1) is 0 Å². The maximum absolute atomic E-state index is 10.8. The zero-order valence-corrected chi connectivity index (χ0v) is 17.8. The number of rotatable bonds is 5. The second kappa shape index (κ2) is 8.98. The SMILES string of the molecule is Cc1ccc([C@@H]2O[C@H](CO)[C@@H](O)[C@H](O)[C@H]2O)cc1Cc1ccc(C2(O)CCCC2)cc1. The molecule has 6 heteroatoms. The maximum Gasteiger partial charge on any atom is 0.113 e. The molecular weight excluding hydrogens is 396 g/mol. The summed E-state index contributed by atoms with van der Waals surface area (Å²) < 4.78 is 5.71. The molecule has 1 heterocycles. The molecule has 4 rings (SSSR count). The largest absolute Gasteiger partial charge is 0.394 e. The molecule has 31 heavy (non-hydrogen) atoms. The average molecular weight is 429 g/mol. The number of benzene rings is 2. The van der Waals surface area contributed by atoms with Crippen LogP contribution in [-0.4, -0.2) is 56.6 Å². The van der Waals surface area contributed by atoms with Crippen LogP contribution in [0.3, 0.4) is 0 Å². The van der Waals surface area contributed by atoms with Crippen molar-refractivity contribution in [2.75, 3.05) is 6.61 Å². The molecule has 0 aromatic heterocycles. The highest BCUT2D eigenvalue weighted by Crippen LogP contribution is 2.38. The van der Waals surface area contributed by atoms with Gasteiger partial charge in [0.2, 0.25) is 0 Å². The van der Waals surface area contributed by atoms with E-state index in [0.717, 1.165) is 47.9 Å². The van der Waals surface area contributed by atoms with E-state index in [2.05, 4.69) is 0 Å². The lowest BCUT2D eigenvalue weighted by Crippen LogP contribution is -2.55. The molecule has 0 amide bonds. The second-order valence-corrected chi connectivity index (χ2v) is 9.05. The number of aryl methyl sites for hydroxylation is 1. The van der Waals surface area contributed by atoms with Crippen LogP contribution in [0.15, 0.2) is 42.5 Å². The molecule has 5 N–H and O–H groups in total. The van der Waals surface area contributed by atoms with Crippen LogP contribution in [0.1, 0.15) is 59.6 Å². The maximum atomic E-state index is 10.8. The molecule has 1 aliphatic heterocycles. The van der Waals surface area contributed by atoms with Gasteiger partial charge in [0.1, 0.15) is 30.5 Å². The molecule has 0 spiro atoms. The van der Waals surface area contributed by atoms with Crippen LogP contribution < -0.4 is 0 Å². The number of aliphatic hydroxyl groups excluding tert-OH is 4. The summed E-state index contributed by atoms with van der Waals surface area (Å²) >= 11 is 0. The van der Waals surface area contributed by atoms with Crippen molar-refractivity contribution >= 4 is 0 Å². The minimum Gasteiger partial charge on any atom is -0.394 e. The van der Waals surface area contributed by atoms with Crippen molar-refractivity contribution in [1.29, 1.82) is 0 Å². The summed E-state index contributed by atoms with van der Waals surface area (Å²) in [6.07, 6.45) is -1.40. The van der Waals surface area contributed by atoms with Gasteiger partial charge in [0.25, 0.3) is 0 Å². The van der Waals surface area contributed by atoms with Crippen LogP contribution in [0.4, 0.5) is 0 Å². The van der Waals surface area contributed by atoms with Crippen molar-refractivity contribution < 1.29 is 30.3 Å². The first-order valence-corrected chi connectivity index (χ1v) is 11.0. The molecule has 0 unspecified atom stereocenters. The lowest BCUT2D eigenvalue weighted by Gasteiger charge is -2.40. The van der Waals surface area contributed by atoms with Gasteiger partial charge in [-0.3, -0.25) is 0 Å². The fourth-order valence-corrected chi connectivity index (χ4v) is 4.84. The Hall–Kier alpha value is -1.80. The Morgan fingerprint density at radius 3 is 2.26 bits per heavy atom. The van der Waals surface area contributed by atoms with Gasteiger partial charge in [0.15, 0.2) is 0 Å². The number of ether oxygens (including phenoxy) is 1. The number of hydrogen-bond acceptors (Lipinski definition) is 6. The van der Waals surface area contributed by atoms with E-state index in [1.54, 1.807) is 0 Å². The molecule has 5 atom stereocenters. The predicted octanol–water partition coefficient (Wildman–Crippen LogP) is 1.86. The zero-order valence-electron chi connectivity index (χ0n) is 17.8. The first-order valence-electron chi connectivity index (χ1n) is 11.0. The van der Waals surface area contributed by atoms with Crippen LogP contribution >= 0.6 is 0 Å².